The molecule has 6 heteroatoms. The summed E-state index contributed by atoms with van der Waals surface area (Å²) in [7, 11) is 0. The van der Waals surface area contributed by atoms with Gasteiger partial charge in [0.05, 0.1) is 12.2 Å². The van der Waals surface area contributed by atoms with Crippen LogP contribution in [0.25, 0.3) is 0 Å². The van der Waals surface area contributed by atoms with Gasteiger partial charge in [0.1, 0.15) is 0 Å². The lowest BCUT2D eigenvalue weighted by Crippen LogP contribution is -2.45. The maximum atomic E-state index is 12.7. The van der Waals surface area contributed by atoms with E-state index in [1.165, 1.54) is 0 Å². The summed E-state index contributed by atoms with van der Waals surface area (Å²) in [5.74, 6) is -1.12. The minimum Gasteiger partial charge on any atom is -0.372 e. The number of nitrogens with one attached hydrogen (secondary N) is 1. The van der Waals surface area contributed by atoms with Crippen LogP contribution in [-0.2, 0) is 20.7 Å². The van der Waals surface area contributed by atoms with Gasteiger partial charge in [-0.3, -0.25) is 9.59 Å². The standard InChI is InChI=1S/C23H27N3O3/c1-16-14-25(15-17(2)29-16)20-11-9-19(10-12-20)24-22(27)23(28)26-13-5-7-18-6-3-4-8-21(18)26/h3-4,6,8-12,16-17H,5,7,13-15H2,1-2H3,(H,24,27)/t16-,17-/m1/s1. The molecule has 2 aromatic carbocycles. The number of carbonyl (C=O) groups is 2. The fourth-order valence-corrected chi connectivity index (χ4v) is 4.20. The molecule has 29 heavy (non-hydrogen) atoms. The molecule has 2 atom stereocenters. The summed E-state index contributed by atoms with van der Waals surface area (Å²) in [5.41, 5.74) is 3.65. The van der Waals surface area contributed by atoms with Crippen LogP contribution in [0.15, 0.2) is 48.5 Å². The summed E-state index contributed by atoms with van der Waals surface area (Å²) in [6, 6.07) is 15.4. The van der Waals surface area contributed by atoms with Crippen LogP contribution in [0.4, 0.5) is 17.1 Å². The highest BCUT2D eigenvalue weighted by molar-refractivity contribution is 6.44. The van der Waals surface area contributed by atoms with Crippen LogP contribution in [0.1, 0.15) is 25.8 Å². The van der Waals surface area contributed by atoms with Crippen molar-refractivity contribution in [3.63, 3.8) is 0 Å². The van der Waals surface area contributed by atoms with Crippen LogP contribution in [0.2, 0.25) is 0 Å². The highest BCUT2D eigenvalue weighted by atomic mass is 16.5. The van der Waals surface area contributed by atoms with Crippen LogP contribution in [0.5, 0.6) is 0 Å². The molecule has 1 fully saturated rings. The second kappa shape index (κ2) is 8.25. The number of benzene rings is 2. The lowest BCUT2D eigenvalue weighted by Gasteiger charge is -2.36. The molecule has 1 saturated heterocycles. The molecule has 0 aromatic heterocycles. The predicted octanol–water partition coefficient (Wildman–Crippen LogP) is 3.22. The Kier molecular flexibility index (Phi) is 5.53. The maximum absolute atomic E-state index is 12.7. The molecule has 2 aliphatic rings. The van der Waals surface area contributed by atoms with Crippen molar-refractivity contribution in [3.8, 4) is 0 Å². The first-order chi connectivity index (χ1) is 14.0. The molecule has 2 aromatic rings. The van der Waals surface area contributed by atoms with Crippen LogP contribution < -0.4 is 15.1 Å². The van der Waals surface area contributed by atoms with E-state index in [9.17, 15) is 9.59 Å². The summed E-state index contributed by atoms with van der Waals surface area (Å²) < 4.78 is 5.78. The number of aryl methyl sites for hydroxylation is 1. The molecule has 2 aliphatic heterocycles. The molecule has 2 amide bonds. The van der Waals surface area contributed by atoms with Crippen molar-refractivity contribution >= 4 is 28.9 Å². The Morgan fingerprint density at radius 1 is 1.00 bits per heavy atom. The molecule has 0 saturated carbocycles. The largest absolute Gasteiger partial charge is 0.372 e. The molecular weight excluding hydrogens is 366 g/mol. The smallest absolute Gasteiger partial charge is 0.316 e. The van der Waals surface area contributed by atoms with E-state index in [0.717, 1.165) is 42.9 Å². The third-order valence-corrected chi connectivity index (χ3v) is 5.46. The third-order valence-electron chi connectivity index (χ3n) is 5.46. The fourth-order valence-electron chi connectivity index (χ4n) is 4.20. The third kappa shape index (κ3) is 4.27. The highest BCUT2D eigenvalue weighted by Crippen LogP contribution is 2.27. The molecule has 152 valence electrons. The topological polar surface area (TPSA) is 61.9 Å². The monoisotopic (exact) mass is 393 g/mol. The van der Waals surface area contributed by atoms with E-state index in [1.807, 2.05) is 48.5 Å². The lowest BCUT2D eigenvalue weighted by atomic mass is 10.0. The Balaban J connectivity index is 1.42. The number of hydrogen-bond donors (Lipinski definition) is 1. The average molecular weight is 393 g/mol. The Bertz CT molecular complexity index is 886. The van der Waals surface area contributed by atoms with E-state index in [-0.39, 0.29) is 12.2 Å². The van der Waals surface area contributed by atoms with Gasteiger partial charge < -0.3 is 19.9 Å². The molecule has 0 unspecified atom stereocenters. The molecule has 1 N–H and O–H groups in total. The van der Waals surface area contributed by atoms with Gasteiger partial charge in [0.25, 0.3) is 0 Å². The van der Waals surface area contributed by atoms with E-state index in [1.54, 1.807) is 4.90 Å². The zero-order valence-electron chi connectivity index (χ0n) is 16.9. The molecule has 0 spiro atoms. The van der Waals surface area contributed by atoms with Crippen LogP contribution in [0, 0.1) is 0 Å². The van der Waals surface area contributed by atoms with Gasteiger partial charge in [0.2, 0.25) is 0 Å². The van der Waals surface area contributed by atoms with E-state index >= 15 is 0 Å². The quantitative estimate of drug-likeness (QED) is 0.796. The summed E-state index contributed by atoms with van der Waals surface area (Å²) in [6.45, 7) is 6.38. The zero-order chi connectivity index (χ0) is 20.4. The van der Waals surface area contributed by atoms with Gasteiger partial charge >= 0.3 is 11.8 Å². The van der Waals surface area contributed by atoms with Gasteiger partial charge in [-0.15, -0.1) is 0 Å². The minimum absolute atomic E-state index is 0.183. The van der Waals surface area contributed by atoms with E-state index in [2.05, 4.69) is 24.1 Å². The Morgan fingerprint density at radius 3 is 2.41 bits per heavy atom. The SMILES string of the molecule is C[C@@H]1CN(c2ccc(NC(=O)C(=O)N3CCCc4ccccc43)cc2)C[C@@H](C)O1. The van der Waals surface area contributed by atoms with Gasteiger partial charge in [0.15, 0.2) is 0 Å². The van der Waals surface area contributed by atoms with Gasteiger partial charge in [0, 0.05) is 36.7 Å². The van der Waals surface area contributed by atoms with Crippen molar-refractivity contribution in [3.05, 3.63) is 54.1 Å². The maximum Gasteiger partial charge on any atom is 0.316 e. The van der Waals surface area contributed by atoms with Gasteiger partial charge in [-0.1, -0.05) is 18.2 Å². The number of ether oxygens (including phenoxy) is 1. The van der Waals surface area contributed by atoms with Crippen molar-refractivity contribution in [2.45, 2.75) is 38.9 Å². The van der Waals surface area contributed by atoms with E-state index in [4.69, 9.17) is 4.74 Å². The van der Waals surface area contributed by atoms with Crippen LogP contribution in [0.3, 0.4) is 0 Å². The Labute approximate surface area is 171 Å². The molecule has 4 rings (SSSR count). The van der Waals surface area contributed by atoms with Crippen molar-refractivity contribution in [1.82, 2.24) is 0 Å². The van der Waals surface area contributed by atoms with Crippen molar-refractivity contribution in [2.75, 3.05) is 34.8 Å². The number of fused-ring (bicyclic) bond motifs is 1. The first kappa shape index (κ1) is 19.5. The van der Waals surface area contributed by atoms with Crippen molar-refractivity contribution < 1.29 is 14.3 Å². The number of morpholine rings is 1. The number of anilines is 3. The van der Waals surface area contributed by atoms with Gasteiger partial charge in [-0.25, -0.2) is 0 Å². The summed E-state index contributed by atoms with van der Waals surface area (Å²) in [5, 5.41) is 2.74. The van der Waals surface area contributed by atoms with E-state index < -0.39 is 11.8 Å². The number of carbonyl (C=O) groups excluding carboxylic acids is 2. The molecule has 6 nitrogen and oxygen atoms in total. The lowest BCUT2D eigenvalue weighted by molar-refractivity contribution is -0.134. The molecule has 0 radical (unpaired) electrons. The van der Waals surface area contributed by atoms with Crippen LogP contribution >= 0.6 is 0 Å². The van der Waals surface area contributed by atoms with E-state index in [0.29, 0.717) is 12.2 Å². The number of nitrogens with zero attached hydrogens (tertiary/aromatic N) is 2. The highest BCUT2D eigenvalue weighted by Gasteiger charge is 2.27. The second-order valence-corrected chi connectivity index (χ2v) is 7.85. The molecule has 0 aliphatic carbocycles. The molecule has 0 bridgehead atoms. The first-order valence-electron chi connectivity index (χ1n) is 10.2. The number of rotatable bonds is 2. The zero-order valence-corrected chi connectivity index (χ0v) is 16.9. The Hall–Kier alpha value is -2.86. The number of amides is 2. The summed E-state index contributed by atoms with van der Waals surface area (Å²) in [4.78, 5) is 29.2. The fraction of sp³-hybridized carbons (Fsp3) is 0.391. The number of hydrogen-bond acceptors (Lipinski definition) is 4. The summed E-state index contributed by atoms with van der Waals surface area (Å²) in [6.07, 6.45) is 2.16. The van der Waals surface area contributed by atoms with Gasteiger partial charge in [-0.2, -0.15) is 0 Å². The second-order valence-electron chi connectivity index (χ2n) is 7.85. The Morgan fingerprint density at radius 2 is 1.69 bits per heavy atom. The summed E-state index contributed by atoms with van der Waals surface area (Å²) >= 11 is 0. The molecule has 2 heterocycles. The van der Waals surface area contributed by atoms with Crippen molar-refractivity contribution in [1.29, 1.82) is 0 Å². The van der Waals surface area contributed by atoms with Crippen LogP contribution in [-0.4, -0.2) is 43.7 Å². The average Bonchev–Trinajstić information content (AvgIpc) is 2.72. The minimum atomic E-state index is -0.608. The molecular formula is C23H27N3O3. The van der Waals surface area contributed by atoms with Gasteiger partial charge in [-0.05, 0) is 62.6 Å². The predicted molar refractivity (Wildman–Crippen MR) is 114 cm³/mol. The number of para-hydroxylation sites is 1. The normalized spacial score (nSPS) is 21.4. The van der Waals surface area contributed by atoms with Crippen molar-refractivity contribution in [2.24, 2.45) is 0 Å². The first-order valence-corrected chi connectivity index (χ1v) is 10.2.